The molecule has 20 heavy (non-hydrogen) atoms. The van der Waals surface area contributed by atoms with Gasteiger partial charge in [0.25, 0.3) is 0 Å². The first-order chi connectivity index (χ1) is 9.81. The Kier molecular flexibility index (Phi) is 5.37. The van der Waals surface area contributed by atoms with E-state index >= 15 is 0 Å². The molecule has 0 atom stereocenters. The van der Waals surface area contributed by atoms with Crippen molar-refractivity contribution in [3.05, 3.63) is 35.7 Å². The second-order valence-corrected chi connectivity index (χ2v) is 4.27. The van der Waals surface area contributed by atoms with Gasteiger partial charge in [-0.1, -0.05) is 17.2 Å². The number of aromatic nitrogens is 2. The van der Waals surface area contributed by atoms with Crippen LogP contribution in [0.1, 0.15) is 11.5 Å². The molecule has 0 aliphatic carbocycles. The van der Waals surface area contributed by atoms with Gasteiger partial charge in [-0.2, -0.15) is 0 Å². The number of methoxy groups -OCH3 is 2. The molecule has 1 aromatic heterocycles. The van der Waals surface area contributed by atoms with Crippen LogP contribution in [0.3, 0.4) is 0 Å². The molecule has 6 nitrogen and oxygen atoms in total. The lowest BCUT2D eigenvalue weighted by Gasteiger charge is -2.01. The summed E-state index contributed by atoms with van der Waals surface area (Å²) < 4.78 is 15.5. The summed E-state index contributed by atoms with van der Waals surface area (Å²) in [6.07, 6.45) is 1.56. The van der Waals surface area contributed by atoms with Crippen LogP contribution in [0.15, 0.2) is 28.7 Å². The third-order valence-electron chi connectivity index (χ3n) is 2.84. The number of benzene rings is 1. The highest BCUT2D eigenvalue weighted by Crippen LogP contribution is 2.14. The predicted octanol–water partition coefficient (Wildman–Crippen LogP) is 1.92. The van der Waals surface area contributed by atoms with Gasteiger partial charge in [-0.25, -0.2) is 0 Å². The van der Waals surface area contributed by atoms with Crippen molar-refractivity contribution >= 4 is 6.01 Å². The Balaban J connectivity index is 1.81. The summed E-state index contributed by atoms with van der Waals surface area (Å²) in [6.45, 7) is 1.25. The van der Waals surface area contributed by atoms with Crippen LogP contribution in [0.5, 0.6) is 5.75 Å². The minimum absolute atomic E-state index is 0.437. The molecule has 0 fully saturated rings. The summed E-state index contributed by atoms with van der Waals surface area (Å²) >= 11 is 0. The van der Waals surface area contributed by atoms with Gasteiger partial charge < -0.3 is 19.2 Å². The van der Waals surface area contributed by atoms with Gasteiger partial charge in [0.05, 0.1) is 13.7 Å². The summed E-state index contributed by atoms with van der Waals surface area (Å²) in [5.74, 6) is 1.48. The fourth-order valence-electron chi connectivity index (χ4n) is 1.73. The molecule has 0 unspecified atom stereocenters. The number of rotatable bonds is 8. The average Bonchev–Trinajstić information content (AvgIpc) is 2.94. The van der Waals surface area contributed by atoms with Crippen LogP contribution in [0.4, 0.5) is 6.01 Å². The number of ether oxygens (including phenoxy) is 2. The van der Waals surface area contributed by atoms with Crippen LogP contribution in [0.25, 0.3) is 0 Å². The Morgan fingerprint density at radius 1 is 1.10 bits per heavy atom. The molecule has 0 saturated heterocycles. The highest BCUT2D eigenvalue weighted by molar-refractivity contribution is 5.27. The van der Waals surface area contributed by atoms with E-state index in [-0.39, 0.29) is 0 Å². The van der Waals surface area contributed by atoms with Crippen molar-refractivity contribution < 1.29 is 13.9 Å². The standard InChI is InChI=1S/C14H19N3O3/c1-18-10-9-15-14-17-16-13(20-14)8-5-11-3-6-12(19-2)7-4-11/h3-4,6-7H,5,8-10H2,1-2H3,(H,15,17). The molecule has 1 aromatic carbocycles. The lowest BCUT2D eigenvalue weighted by molar-refractivity contribution is 0.210. The first kappa shape index (κ1) is 14.3. The molecule has 0 aliphatic rings. The van der Waals surface area contributed by atoms with Gasteiger partial charge in [-0.05, 0) is 24.1 Å². The van der Waals surface area contributed by atoms with Gasteiger partial charge in [0.1, 0.15) is 5.75 Å². The van der Waals surface area contributed by atoms with E-state index in [2.05, 4.69) is 15.5 Å². The highest BCUT2D eigenvalue weighted by atomic mass is 16.5. The van der Waals surface area contributed by atoms with Crippen LogP contribution < -0.4 is 10.1 Å². The zero-order chi connectivity index (χ0) is 14.2. The third-order valence-corrected chi connectivity index (χ3v) is 2.84. The second-order valence-electron chi connectivity index (χ2n) is 4.27. The Hall–Kier alpha value is -2.08. The van der Waals surface area contributed by atoms with Crippen molar-refractivity contribution in [1.29, 1.82) is 0 Å². The van der Waals surface area contributed by atoms with E-state index < -0.39 is 0 Å². The summed E-state index contributed by atoms with van der Waals surface area (Å²) in [5, 5.41) is 10.9. The molecular weight excluding hydrogens is 258 g/mol. The van der Waals surface area contributed by atoms with Crippen LogP contribution in [0.2, 0.25) is 0 Å². The topological polar surface area (TPSA) is 69.4 Å². The molecule has 2 rings (SSSR count). The van der Waals surface area contributed by atoms with Gasteiger partial charge in [0.15, 0.2) is 0 Å². The molecule has 0 bridgehead atoms. The van der Waals surface area contributed by atoms with Gasteiger partial charge in [0.2, 0.25) is 5.89 Å². The molecule has 0 aliphatic heterocycles. The summed E-state index contributed by atoms with van der Waals surface area (Å²) in [7, 11) is 3.31. The maximum Gasteiger partial charge on any atom is 0.315 e. The maximum atomic E-state index is 5.48. The number of hydrogen-bond donors (Lipinski definition) is 1. The molecule has 6 heteroatoms. The van der Waals surface area contributed by atoms with E-state index in [1.807, 2.05) is 24.3 Å². The van der Waals surface area contributed by atoms with E-state index in [1.54, 1.807) is 14.2 Å². The van der Waals surface area contributed by atoms with E-state index in [4.69, 9.17) is 13.9 Å². The highest BCUT2D eigenvalue weighted by Gasteiger charge is 2.05. The lowest BCUT2D eigenvalue weighted by atomic mass is 10.1. The van der Waals surface area contributed by atoms with Gasteiger partial charge in [-0.3, -0.25) is 0 Å². The van der Waals surface area contributed by atoms with Crippen LogP contribution >= 0.6 is 0 Å². The number of nitrogens with one attached hydrogen (secondary N) is 1. The van der Waals surface area contributed by atoms with Crippen molar-refractivity contribution in [1.82, 2.24) is 10.2 Å². The minimum atomic E-state index is 0.437. The predicted molar refractivity (Wildman–Crippen MR) is 75.1 cm³/mol. The largest absolute Gasteiger partial charge is 0.497 e. The van der Waals surface area contributed by atoms with Crippen LogP contribution in [-0.4, -0.2) is 37.6 Å². The number of aryl methyl sites for hydroxylation is 2. The van der Waals surface area contributed by atoms with E-state index in [1.165, 1.54) is 5.56 Å². The molecule has 0 radical (unpaired) electrons. The molecule has 0 amide bonds. The van der Waals surface area contributed by atoms with Gasteiger partial charge >= 0.3 is 6.01 Å². The van der Waals surface area contributed by atoms with Crippen LogP contribution in [0, 0.1) is 0 Å². The minimum Gasteiger partial charge on any atom is -0.497 e. The molecule has 0 saturated carbocycles. The monoisotopic (exact) mass is 277 g/mol. The molecule has 1 heterocycles. The molecule has 2 aromatic rings. The molecule has 0 spiro atoms. The number of hydrogen-bond acceptors (Lipinski definition) is 6. The Bertz CT molecular complexity index is 511. The molecule has 108 valence electrons. The van der Waals surface area contributed by atoms with Gasteiger partial charge in [0, 0.05) is 20.1 Å². The van der Waals surface area contributed by atoms with Crippen molar-refractivity contribution in [3.63, 3.8) is 0 Å². The normalized spacial score (nSPS) is 10.5. The van der Waals surface area contributed by atoms with Crippen LogP contribution in [-0.2, 0) is 17.6 Å². The van der Waals surface area contributed by atoms with E-state index in [0.29, 0.717) is 31.5 Å². The van der Waals surface area contributed by atoms with Crippen molar-refractivity contribution in [3.8, 4) is 5.75 Å². The SMILES string of the molecule is COCCNc1nnc(CCc2ccc(OC)cc2)o1. The smallest absolute Gasteiger partial charge is 0.315 e. The summed E-state index contributed by atoms with van der Waals surface area (Å²) in [6, 6.07) is 8.40. The van der Waals surface area contributed by atoms with Gasteiger partial charge in [-0.15, -0.1) is 5.10 Å². The fourth-order valence-corrected chi connectivity index (χ4v) is 1.73. The Morgan fingerprint density at radius 3 is 2.60 bits per heavy atom. The number of nitrogens with zero attached hydrogens (tertiary/aromatic N) is 2. The third kappa shape index (κ3) is 4.24. The molecule has 1 N–H and O–H groups in total. The number of anilines is 1. The van der Waals surface area contributed by atoms with Crippen molar-refractivity contribution in [2.24, 2.45) is 0 Å². The fraction of sp³-hybridized carbons (Fsp3) is 0.429. The first-order valence-corrected chi connectivity index (χ1v) is 6.50. The summed E-state index contributed by atoms with van der Waals surface area (Å²) in [4.78, 5) is 0. The molecular formula is C14H19N3O3. The quantitative estimate of drug-likeness (QED) is 0.743. The summed E-state index contributed by atoms with van der Waals surface area (Å²) in [5.41, 5.74) is 1.21. The average molecular weight is 277 g/mol. The zero-order valence-electron chi connectivity index (χ0n) is 11.8. The zero-order valence-corrected chi connectivity index (χ0v) is 11.8. The lowest BCUT2D eigenvalue weighted by Crippen LogP contribution is -2.07. The van der Waals surface area contributed by atoms with E-state index in [0.717, 1.165) is 12.2 Å². The second kappa shape index (κ2) is 7.49. The van der Waals surface area contributed by atoms with Crippen molar-refractivity contribution in [2.45, 2.75) is 12.8 Å². The Morgan fingerprint density at radius 2 is 1.90 bits per heavy atom. The Labute approximate surface area is 118 Å². The maximum absolute atomic E-state index is 5.48. The first-order valence-electron chi connectivity index (χ1n) is 6.50. The van der Waals surface area contributed by atoms with Crippen molar-refractivity contribution in [2.75, 3.05) is 32.7 Å². The van der Waals surface area contributed by atoms with E-state index in [9.17, 15) is 0 Å².